The minimum Gasteiger partial charge on any atom is -0.378 e. The Labute approximate surface area is 210 Å². The number of anilines is 3. The standard InChI is InChI=1S/C28H30N6O2/c1-2-26(35)20-5-8-22(9-6-20)30-27-16-24(31-28(32-27)33-11-13-36-14-12-33)21-7-10-23-25(15-21)34(18-29-23)17-19-3-4-19/h5-10,15-16,18-19H,2-4,11-14,17H2,1H3,(H,30,31,32). The van der Waals surface area contributed by atoms with Gasteiger partial charge in [0.25, 0.3) is 0 Å². The smallest absolute Gasteiger partial charge is 0.228 e. The molecule has 0 amide bonds. The number of morpholine rings is 1. The molecule has 1 saturated carbocycles. The lowest BCUT2D eigenvalue weighted by atomic mass is 10.1. The predicted octanol–water partition coefficient (Wildman–Crippen LogP) is 5.08. The molecule has 1 aliphatic heterocycles. The van der Waals surface area contributed by atoms with Crippen LogP contribution in [-0.2, 0) is 11.3 Å². The zero-order chi connectivity index (χ0) is 24.5. The van der Waals surface area contributed by atoms with Crippen molar-refractivity contribution >= 4 is 34.3 Å². The van der Waals surface area contributed by atoms with E-state index in [1.807, 2.05) is 43.6 Å². The number of ether oxygens (including phenoxy) is 1. The van der Waals surface area contributed by atoms with E-state index in [9.17, 15) is 4.79 Å². The number of benzene rings is 2. The highest BCUT2D eigenvalue weighted by Gasteiger charge is 2.23. The molecule has 8 heteroatoms. The Morgan fingerprint density at radius 3 is 2.61 bits per heavy atom. The Bertz CT molecular complexity index is 1390. The van der Waals surface area contributed by atoms with E-state index in [0.29, 0.717) is 31.4 Å². The Balaban J connectivity index is 1.35. The number of nitrogens with one attached hydrogen (secondary N) is 1. The summed E-state index contributed by atoms with van der Waals surface area (Å²) in [6.07, 6.45) is 5.05. The van der Waals surface area contributed by atoms with Crippen molar-refractivity contribution in [2.24, 2.45) is 5.92 Å². The van der Waals surface area contributed by atoms with Crippen LogP contribution in [0.5, 0.6) is 0 Å². The van der Waals surface area contributed by atoms with E-state index in [0.717, 1.165) is 59.1 Å². The summed E-state index contributed by atoms with van der Waals surface area (Å²) in [4.78, 5) is 28.6. The Morgan fingerprint density at radius 1 is 1.06 bits per heavy atom. The lowest BCUT2D eigenvalue weighted by Crippen LogP contribution is -2.37. The molecule has 0 unspecified atom stereocenters. The normalized spacial score (nSPS) is 15.9. The van der Waals surface area contributed by atoms with Crippen molar-refractivity contribution in [3.05, 3.63) is 60.4 Å². The number of imidazole rings is 1. The number of nitrogens with zero attached hydrogens (tertiary/aromatic N) is 5. The molecule has 1 aliphatic carbocycles. The lowest BCUT2D eigenvalue weighted by molar-refractivity contribution is 0.0988. The van der Waals surface area contributed by atoms with Crippen LogP contribution in [0, 0.1) is 5.92 Å². The molecular weight excluding hydrogens is 452 g/mol. The molecule has 0 spiro atoms. The maximum Gasteiger partial charge on any atom is 0.228 e. The fraction of sp³-hybridized carbons (Fsp3) is 0.357. The number of carbonyl (C=O) groups excluding carboxylic acids is 1. The molecule has 36 heavy (non-hydrogen) atoms. The second kappa shape index (κ2) is 9.70. The van der Waals surface area contributed by atoms with Crippen LogP contribution in [0.2, 0.25) is 0 Å². The number of ketones is 1. The van der Waals surface area contributed by atoms with E-state index >= 15 is 0 Å². The molecule has 0 atom stereocenters. The quantitative estimate of drug-likeness (QED) is 0.351. The predicted molar refractivity (Wildman–Crippen MR) is 141 cm³/mol. The van der Waals surface area contributed by atoms with Gasteiger partial charge in [-0.15, -0.1) is 0 Å². The molecule has 2 aromatic heterocycles. The summed E-state index contributed by atoms with van der Waals surface area (Å²) >= 11 is 0. The summed E-state index contributed by atoms with van der Waals surface area (Å²) in [6, 6.07) is 15.9. The van der Waals surface area contributed by atoms with Crippen molar-refractivity contribution in [2.45, 2.75) is 32.7 Å². The van der Waals surface area contributed by atoms with Crippen molar-refractivity contribution in [1.29, 1.82) is 0 Å². The first kappa shape index (κ1) is 22.7. The third-order valence-electron chi connectivity index (χ3n) is 6.88. The molecule has 6 rings (SSSR count). The van der Waals surface area contributed by atoms with Gasteiger partial charge in [-0.05, 0) is 55.2 Å². The van der Waals surface area contributed by atoms with Crippen LogP contribution in [0.25, 0.3) is 22.3 Å². The average Bonchev–Trinajstić information content (AvgIpc) is 3.67. The largest absolute Gasteiger partial charge is 0.378 e. The molecule has 2 aliphatic rings. The third-order valence-corrected chi connectivity index (χ3v) is 6.88. The number of hydrogen-bond acceptors (Lipinski definition) is 7. The first-order valence-corrected chi connectivity index (χ1v) is 12.7. The Kier molecular flexibility index (Phi) is 6.11. The van der Waals surface area contributed by atoms with Crippen molar-refractivity contribution in [3.8, 4) is 11.3 Å². The molecule has 2 aromatic carbocycles. The van der Waals surface area contributed by atoms with Gasteiger partial charge in [0.05, 0.1) is 36.3 Å². The van der Waals surface area contributed by atoms with E-state index in [4.69, 9.17) is 14.7 Å². The van der Waals surface area contributed by atoms with Crippen molar-refractivity contribution < 1.29 is 9.53 Å². The first-order chi connectivity index (χ1) is 17.7. The second-order valence-electron chi connectivity index (χ2n) is 9.56. The van der Waals surface area contributed by atoms with Crippen LogP contribution in [0.1, 0.15) is 36.5 Å². The van der Waals surface area contributed by atoms with Gasteiger partial charge in [0.1, 0.15) is 5.82 Å². The molecule has 8 nitrogen and oxygen atoms in total. The summed E-state index contributed by atoms with van der Waals surface area (Å²) in [7, 11) is 0. The van der Waals surface area contributed by atoms with E-state index in [1.54, 1.807) is 0 Å². The van der Waals surface area contributed by atoms with Crippen LogP contribution in [0.15, 0.2) is 54.9 Å². The van der Waals surface area contributed by atoms with Gasteiger partial charge in [-0.1, -0.05) is 13.0 Å². The maximum atomic E-state index is 12.0. The van der Waals surface area contributed by atoms with Gasteiger partial charge in [0.15, 0.2) is 5.78 Å². The molecule has 1 N–H and O–H groups in total. The highest BCUT2D eigenvalue weighted by Crippen LogP contribution is 2.33. The van der Waals surface area contributed by atoms with Gasteiger partial charge in [0.2, 0.25) is 5.95 Å². The highest BCUT2D eigenvalue weighted by molar-refractivity contribution is 5.96. The molecular formula is C28H30N6O2. The zero-order valence-corrected chi connectivity index (χ0v) is 20.5. The van der Waals surface area contributed by atoms with Gasteiger partial charge < -0.3 is 19.5 Å². The van der Waals surface area contributed by atoms with E-state index < -0.39 is 0 Å². The highest BCUT2D eigenvalue weighted by atomic mass is 16.5. The summed E-state index contributed by atoms with van der Waals surface area (Å²) < 4.78 is 7.80. The zero-order valence-electron chi connectivity index (χ0n) is 20.5. The van der Waals surface area contributed by atoms with E-state index in [2.05, 4.69) is 38.0 Å². The summed E-state index contributed by atoms with van der Waals surface area (Å²) in [5, 5.41) is 3.42. The molecule has 1 saturated heterocycles. The second-order valence-corrected chi connectivity index (χ2v) is 9.56. The number of hydrogen-bond donors (Lipinski definition) is 1. The monoisotopic (exact) mass is 482 g/mol. The van der Waals surface area contributed by atoms with Gasteiger partial charge in [-0.3, -0.25) is 4.79 Å². The first-order valence-electron chi connectivity index (χ1n) is 12.7. The fourth-order valence-corrected chi connectivity index (χ4v) is 4.58. The molecule has 0 radical (unpaired) electrons. The summed E-state index contributed by atoms with van der Waals surface area (Å²) in [6.45, 7) is 5.73. The number of Topliss-reactive ketones (excluding diaryl/α,β-unsaturated/α-hetero) is 1. The topological polar surface area (TPSA) is 85.2 Å². The van der Waals surface area contributed by atoms with Crippen LogP contribution in [0.3, 0.4) is 0 Å². The minimum atomic E-state index is 0.136. The summed E-state index contributed by atoms with van der Waals surface area (Å²) in [5.74, 6) is 2.30. The molecule has 3 heterocycles. The SMILES string of the molecule is CCC(=O)c1ccc(Nc2cc(-c3ccc4ncn(CC5CC5)c4c3)nc(N3CCOCC3)n2)cc1. The Morgan fingerprint density at radius 2 is 1.86 bits per heavy atom. The van der Waals surface area contributed by atoms with Gasteiger partial charge in [-0.25, -0.2) is 9.97 Å². The molecule has 4 aromatic rings. The van der Waals surface area contributed by atoms with Crippen LogP contribution < -0.4 is 10.2 Å². The van der Waals surface area contributed by atoms with E-state index in [-0.39, 0.29) is 5.78 Å². The van der Waals surface area contributed by atoms with Crippen LogP contribution in [0.4, 0.5) is 17.5 Å². The number of aromatic nitrogens is 4. The molecule has 2 fully saturated rings. The fourth-order valence-electron chi connectivity index (χ4n) is 4.58. The van der Waals surface area contributed by atoms with Crippen molar-refractivity contribution in [3.63, 3.8) is 0 Å². The Hall–Kier alpha value is -3.78. The van der Waals surface area contributed by atoms with Crippen LogP contribution in [-0.4, -0.2) is 51.6 Å². The van der Waals surface area contributed by atoms with Gasteiger partial charge in [-0.2, -0.15) is 4.98 Å². The van der Waals surface area contributed by atoms with Gasteiger partial charge in [0, 0.05) is 48.9 Å². The van der Waals surface area contributed by atoms with E-state index in [1.165, 1.54) is 12.8 Å². The van der Waals surface area contributed by atoms with Crippen molar-refractivity contribution in [1.82, 2.24) is 19.5 Å². The minimum absolute atomic E-state index is 0.136. The third kappa shape index (κ3) is 4.81. The van der Waals surface area contributed by atoms with Crippen LogP contribution >= 0.6 is 0 Å². The number of carbonyl (C=O) groups is 1. The van der Waals surface area contributed by atoms with Gasteiger partial charge >= 0.3 is 0 Å². The van der Waals surface area contributed by atoms with Crippen molar-refractivity contribution in [2.75, 3.05) is 36.5 Å². The number of rotatable bonds is 8. The molecule has 0 bridgehead atoms. The molecule has 184 valence electrons. The summed E-state index contributed by atoms with van der Waals surface area (Å²) in [5.41, 5.74) is 5.62. The average molecular weight is 483 g/mol. The maximum absolute atomic E-state index is 12.0. The number of fused-ring (bicyclic) bond motifs is 1. The lowest BCUT2D eigenvalue weighted by Gasteiger charge is -2.27.